The third kappa shape index (κ3) is 5.23. The van der Waals surface area contributed by atoms with E-state index in [9.17, 15) is 13.6 Å². The number of ether oxygens (including phenoxy) is 1. The van der Waals surface area contributed by atoms with E-state index < -0.39 is 31.3 Å². The third-order valence-electron chi connectivity index (χ3n) is 2.41. The maximum atomic E-state index is 13.0. The van der Waals surface area contributed by atoms with Crippen molar-refractivity contribution in [2.24, 2.45) is 0 Å². The van der Waals surface area contributed by atoms with Gasteiger partial charge in [-0.2, -0.15) is 0 Å². The lowest BCUT2D eigenvalue weighted by molar-refractivity contribution is -0.0348. The Morgan fingerprint density at radius 3 is 2.50 bits per heavy atom. The van der Waals surface area contributed by atoms with E-state index in [1.54, 1.807) is 30.3 Å². The highest BCUT2D eigenvalue weighted by Gasteiger charge is 2.27. The van der Waals surface area contributed by atoms with Crippen LogP contribution >= 0.6 is 0 Å². The molecule has 0 spiro atoms. The van der Waals surface area contributed by atoms with Gasteiger partial charge in [-0.25, -0.2) is 13.6 Å². The summed E-state index contributed by atoms with van der Waals surface area (Å²) in [5, 5.41) is 8.43. The smallest absolute Gasteiger partial charge is 0.338 e. The molecule has 0 heterocycles. The first-order valence-electron chi connectivity index (χ1n) is 5.76. The fraction of sp³-hybridized carbons (Fsp3) is 0.462. The van der Waals surface area contributed by atoms with E-state index in [0.29, 0.717) is 5.56 Å². The molecule has 0 aliphatic carbocycles. The highest BCUT2D eigenvalue weighted by atomic mass is 19.3. The first kappa shape index (κ1) is 14.6. The predicted molar refractivity (Wildman–Crippen MR) is 62.6 cm³/mol. The van der Waals surface area contributed by atoms with Crippen LogP contribution in [0.25, 0.3) is 0 Å². The molecule has 0 aliphatic heterocycles. The molecule has 1 aromatic carbocycles. The third-order valence-corrected chi connectivity index (χ3v) is 2.41. The number of esters is 1. The van der Waals surface area contributed by atoms with E-state index in [4.69, 9.17) is 9.84 Å². The lowest BCUT2D eigenvalue weighted by Crippen LogP contribution is -2.19. The number of rotatable bonds is 7. The van der Waals surface area contributed by atoms with E-state index in [-0.39, 0.29) is 13.0 Å². The van der Waals surface area contributed by atoms with Gasteiger partial charge in [-0.1, -0.05) is 18.2 Å². The van der Waals surface area contributed by atoms with Gasteiger partial charge in [0.15, 0.2) is 0 Å². The van der Waals surface area contributed by atoms with Crippen molar-refractivity contribution in [3.63, 3.8) is 0 Å². The van der Waals surface area contributed by atoms with Crippen LogP contribution in [0, 0.1) is 0 Å². The van der Waals surface area contributed by atoms with Crippen molar-refractivity contribution in [3.05, 3.63) is 35.9 Å². The molecule has 0 radical (unpaired) electrons. The Labute approximate surface area is 104 Å². The van der Waals surface area contributed by atoms with E-state index in [2.05, 4.69) is 0 Å². The maximum absolute atomic E-state index is 13.0. The van der Waals surface area contributed by atoms with Gasteiger partial charge < -0.3 is 9.84 Å². The van der Waals surface area contributed by atoms with E-state index >= 15 is 0 Å². The molecule has 0 unspecified atom stereocenters. The summed E-state index contributed by atoms with van der Waals surface area (Å²) in [7, 11) is 0. The summed E-state index contributed by atoms with van der Waals surface area (Å²) in [6, 6.07) is 8.37. The van der Waals surface area contributed by atoms with Crippen molar-refractivity contribution in [1.29, 1.82) is 0 Å². The topological polar surface area (TPSA) is 46.5 Å². The molecule has 18 heavy (non-hydrogen) atoms. The van der Waals surface area contributed by atoms with Crippen LogP contribution < -0.4 is 0 Å². The second-order valence-electron chi connectivity index (χ2n) is 3.94. The summed E-state index contributed by atoms with van der Waals surface area (Å²) in [5.74, 6) is -3.41. The molecule has 1 N–H and O–H groups in total. The monoisotopic (exact) mass is 258 g/mol. The molecule has 0 saturated heterocycles. The first-order chi connectivity index (χ1) is 8.55. The fourth-order valence-electron chi connectivity index (χ4n) is 1.44. The summed E-state index contributed by atoms with van der Waals surface area (Å²) in [6.45, 7) is -0.592. The van der Waals surface area contributed by atoms with Crippen molar-refractivity contribution in [3.8, 4) is 0 Å². The zero-order valence-corrected chi connectivity index (χ0v) is 9.94. The van der Waals surface area contributed by atoms with Crippen LogP contribution in [0.5, 0.6) is 0 Å². The highest BCUT2D eigenvalue weighted by Crippen LogP contribution is 2.23. The minimum atomic E-state index is -2.89. The summed E-state index contributed by atoms with van der Waals surface area (Å²) in [6.07, 6.45) is -0.874. The summed E-state index contributed by atoms with van der Waals surface area (Å²) in [4.78, 5) is 11.4. The van der Waals surface area contributed by atoms with Gasteiger partial charge in [0, 0.05) is 19.4 Å². The Balaban J connectivity index is 2.25. The molecule has 0 aromatic heterocycles. The van der Waals surface area contributed by atoms with E-state index in [0.717, 1.165) is 0 Å². The second kappa shape index (κ2) is 7.06. The second-order valence-corrected chi connectivity index (χ2v) is 3.94. The number of halogens is 2. The number of aliphatic hydroxyl groups excluding tert-OH is 1. The normalized spacial score (nSPS) is 11.3. The average molecular weight is 258 g/mol. The van der Waals surface area contributed by atoms with Crippen molar-refractivity contribution >= 4 is 5.97 Å². The molecule has 5 heteroatoms. The number of carbonyl (C=O) groups excluding carboxylic acids is 1. The molecule has 1 aromatic rings. The minimum Gasteiger partial charge on any atom is -0.462 e. The van der Waals surface area contributed by atoms with Crippen LogP contribution in [0.3, 0.4) is 0 Å². The number of alkyl halides is 2. The molecular weight excluding hydrogens is 242 g/mol. The van der Waals surface area contributed by atoms with Crippen molar-refractivity contribution < 1.29 is 23.4 Å². The van der Waals surface area contributed by atoms with Crippen LogP contribution in [-0.4, -0.2) is 30.2 Å². The molecule has 100 valence electrons. The summed E-state index contributed by atoms with van der Waals surface area (Å²) >= 11 is 0. The zero-order chi connectivity index (χ0) is 13.4. The van der Waals surface area contributed by atoms with Gasteiger partial charge in [-0.3, -0.25) is 0 Å². The molecule has 1 rings (SSSR count). The van der Waals surface area contributed by atoms with Crippen molar-refractivity contribution in [1.82, 2.24) is 0 Å². The average Bonchev–Trinajstić information content (AvgIpc) is 2.35. The van der Waals surface area contributed by atoms with Gasteiger partial charge >= 0.3 is 5.97 Å². The van der Waals surface area contributed by atoms with Gasteiger partial charge in [0.25, 0.3) is 5.92 Å². The summed E-state index contributed by atoms with van der Waals surface area (Å²) < 4.78 is 30.8. The molecule has 0 aliphatic rings. The van der Waals surface area contributed by atoms with Crippen LogP contribution in [0.2, 0.25) is 0 Å². The molecule has 0 bridgehead atoms. The molecule has 0 fully saturated rings. The number of carbonyl (C=O) groups is 1. The molecular formula is C13H16F2O3. The van der Waals surface area contributed by atoms with Crippen LogP contribution in [0.4, 0.5) is 8.78 Å². The minimum absolute atomic E-state index is 0.0469. The summed E-state index contributed by atoms with van der Waals surface area (Å²) in [5.41, 5.74) is 0.402. The van der Waals surface area contributed by atoms with Crippen LogP contribution in [0.15, 0.2) is 30.3 Å². The maximum Gasteiger partial charge on any atom is 0.338 e. The lowest BCUT2D eigenvalue weighted by Gasteiger charge is -2.14. The van der Waals surface area contributed by atoms with Crippen LogP contribution in [-0.2, 0) is 4.74 Å². The Kier molecular flexibility index (Phi) is 5.71. The Hall–Kier alpha value is -1.49. The largest absolute Gasteiger partial charge is 0.462 e. The van der Waals surface area contributed by atoms with Crippen LogP contribution in [0.1, 0.15) is 29.6 Å². The Bertz CT molecular complexity index is 366. The van der Waals surface area contributed by atoms with Gasteiger partial charge in [0.1, 0.15) is 0 Å². The Morgan fingerprint density at radius 1 is 1.22 bits per heavy atom. The number of benzene rings is 1. The quantitative estimate of drug-likeness (QED) is 0.604. The van der Waals surface area contributed by atoms with Crippen molar-refractivity contribution in [2.75, 3.05) is 13.2 Å². The molecule has 0 atom stereocenters. The van der Waals surface area contributed by atoms with E-state index in [1.807, 2.05) is 0 Å². The molecule has 3 nitrogen and oxygen atoms in total. The number of hydrogen-bond acceptors (Lipinski definition) is 3. The lowest BCUT2D eigenvalue weighted by atomic mass is 10.1. The van der Waals surface area contributed by atoms with Gasteiger partial charge in [0.05, 0.1) is 12.2 Å². The standard InChI is InChI=1S/C13H16F2O3/c14-13(15,8-9-16)7-4-10-18-12(17)11-5-2-1-3-6-11/h1-3,5-6,16H,4,7-10H2. The zero-order valence-electron chi connectivity index (χ0n) is 9.94. The van der Waals surface area contributed by atoms with Crippen molar-refractivity contribution in [2.45, 2.75) is 25.2 Å². The number of aliphatic hydroxyl groups is 1. The van der Waals surface area contributed by atoms with E-state index in [1.165, 1.54) is 0 Å². The molecule has 0 saturated carbocycles. The SMILES string of the molecule is O=C(OCCCC(F)(F)CCO)c1ccccc1. The van der Waals surface area contributed by atoms with Gasteiger partial charge in [-0.05, 0) is 18.6 Å². The first-order valence-corrected chi connectivity index (χ1v) is 5.76. The van der Waals surface area contributed by atoms with Gasteiger partial charge in [-0.15, -0.1) is 0 Å². The highest BCUT2D eigenvalue weighted by molar-refractivity contribution is 5.89. The van der Waals surface area contributed by atoms with Gasteiger partial charge in [0.2, 0.25) is 0 Å². The molecule has 0 amide bonds. The number of hydrogen-bond donors (Lipinski definition) is 1. The predicted octanol–water partition coefficient (Wildman–Crippen LogP) is 2.64. The Morgan fingerprint density at radius 2 is 1.89 bits per heavy atom. The fourth-order valence-corrected chi connectivity index (χ4v) is 1.44.